The Balaban J connectivity index is 2.23. The molecule has 2 N–H and O–H groups in total. The highest BCUT2D eigenvalue weighted by atomic mass is 15.1. The number of hydrogen-bond donors (Lipinski definition) is 1. The van der Waals surface area contributed by atoms with Crippen molar-refractivity contribution in [2.24, 2.45) is 17.6 Å². The fourth-order valence-corrected chi connectivity index (χ4v) is 1.79. The molecule has 2 heteroatoms. The molecule has 0 unspecified atom stereocenters. The van der Waals surface area contributed by atoms with Crippen LogP contribution in [0.15, 0.2) is 0 Å². The van der Waals surface area contributed by atoms with Crippen molar-refractivity contribution in [1.29, 1.82) is 0 Å². The highest BCUT2D eigenvalue weighted by Crippen LogP contribution is 2.22. The molecule has 0 saturated carbocycles. The van der Waals surface area contributed by atoms with Crippen LogP contribution in [0, 0.1) is 11.8 Å². The monoisotopic (exact) mass is 156 g/mol. The van der Waals surface area contributed by atoms with Gasteiger partial charge in [0.15, 0.2) is 0 Å². The molecular weight excluding hydrogens is 136 g/mol. The van der Waals surface area contributed by atoms with Crippen LogP contribution in [0.4, 0.5) is 0 Å². The fourth-order valence-electron chi connectivity index (χ4n) is 1.79. The maximum absolute atomic E-state index is 5.49. The first-order valence-corrected chi connectivity index (χ1v) is 4.66. The lowest BCUT2D eigenvalue weighted by atomic mass is 9.95. The van der Waals surface area contributed by atoms with E-state index in [2.05, 4.69) is 18.7 Å². The van der Waals surface area contributed by atoms with Crippen molar-refractivity contribution in [1.82, 2.24) is 4.90 Å². The topological polar surface area (TPSA) is 29.3 Å². The third-order valence-electron chi connectivity index (χ3n) is 2.70. The minimum Gasteiger partial charge on any atom is -0.329 e. The van der Waals surface area contributed by atoms with Gasteiger partial charge in [-0.1, -0.05) is 13.8 Å². The largest absolute Gasteiger partial charge is 0.329 e. The van der Waals surface area contributed by atoms with E-state index in [1.54, 1.807) is 0 Å². The van der Waals surface area contributed by atoms with Gasteiger partial charge >= 0.3 is 0 Å². The molecule has 0 aliphatic carbocycles. The van der Waals surface area contributed by atoms with Gasteiger partial charge in [-0.3, -0.25) is 0 Å². The van der Waals surface area contributed by atoms with Crippen LogP contribution in [0.2, 0.25) is 0 Å². The van der Waals surface area contributed by atoms with Crippen molar-refractivity contribution < 1.29 is 0 Å². The van der Waals surface area contributed by atoms with Crippen LogP contribution in [0.1, 0.15) is 20.3 Å². The standard InChI is InChI=1S/C9H20N2/c1-8(2)9-3-5-11(7-9)6-4-10/h8-9H,3-7,10H2,1-2H3/t9-/m0/s1. The Morgan fingerprint density at radius 1 is 1.55 bits per heavy atom. The molecule has 0 aromatic rings. The summed E-state index contributed by atoms with van der Waals surface area (Å²) >= 11 is 0. The smallest absolute Gasteiger partial charge is 0.0105 e. The van der Waals surface area contributed by atoms with E-state index in [1.807, 2.05) is 0 Å². The summed E-state index contributed by atoms with van der Waals surface area (Å²) in [5.74, 6) is 1.76. The summed E-state index contributed by atoms with van der Waals surface area (Å²) in [7, 11) is 0. The van der Waals surface area contributed by atoms with E-state index in [4.69, 9.17) is 5.73 Å². The number of nitrogens with zero attached hydrogens (tertiary/aromatic N) is 1. The minimum absolute atomic E-state index is 0.810. The zero-order valence-corrected chi connectivity index (χ0v) is 7.71. The quantitative estimate of drug-likeness (QED) is 0.658. The molecule has 1 rings (SSSR count). The molecule has 1 atom stereocenters. The first kappa shape index (κ1) is 9.01. The molecule has 1 saturated heterocycles. The van der Waals surface area contributed by atoms with Gasteiger partial charge in [-0.05, 0) is 24.8 Å². The van der Waals surface area contributed by atoms with Gasteiger partial charge in [-0.25, -0.2) is 0 Å². The molecule has 11 heavy (non-hydrogen) atoms. The zero-order valence-electron chi connectivity index (χ0n) is 7.71. The Bertz CT molecular complexity index is 112. The van der Waals surface area contributed by atoms with Crippen LogP contribution in [-0.2, 0) is 0 Å². The van der Waals surface area contributed by atoms with Gasteiger partial charge in [0.2, 0.25) is 0 Å². The molecule has 1 aliphatic rings. The van der Waals surface area contributed by atoms with Crippen LogP contribution in [-0.4, -0.2) is 31.1 Å². The van der Waals surface area contributed by atoms with Gasteiger partial charge in [0.05, 0.1) is 0 Å². The Kier molecular flexibility index (Phi) is 3.34. The summed E-state index contributed by atoms with van der Waals surface area (Å²) in [5.41, 5.74) is 5.49. The molecule has 0 spiro atoms. The molecule has 0 amide bonds. The summed E-state index contributed by atoms with van der Waals surface area (Å²) in [6.45, 7) is 9.07. The Morgan fingerprint density at radius 3 is 2.73 bits per heavy atom. The van der Waals surface area contributed by atoms with Gasteiger partial charge in [-0.15, -0.1) is 0 Å². The molecule has 1 heterocycles. The Morgan fingerprint density at radius 2 is 2.27 bits per heavy atom. The molecule has 2 nitrogen and oxygen atoms in total. The Labute approximate surface area is 69.8 Å². The lowest BCUT2D eigenvalue weighted by Gasteiger charge is -2.16. The van der Waals surface area contributed by atoms with Gasteiger partial charge in [0.1, 0.15) is 0 Å². The highest BCUT2D eigenvalue weighted by Gasteiger charge is 2.23. The van der Waals surface area contributed by atoms with Crippen LogP contribution >= 0.6 is 0 Å². The number of hydrogen-bond acceptors (Lipinski definition) is 2. The maximum atomic E-state index is 5.49. The molecule has 0 radical (unpaired) electrons. The first-order valence-electron chi connectivity index (χ1n) is 4.66. The van der Waals surface area contributed by atoms with Crippen molar-refractivity contribution in [2.75, 3.05) is 26.2 Å². The van der Waals surface area contributed by atoms with Crippen molar-refractivity contribution >= 4 is 0 Å². The van der Waals surface area contributed by atoms with Crippen LogP contribution in [0.3, 0.4) is 0 Å². The highest BCUT2D eigenvalue weighted by molar-refractivity contribution is 4.77. The van der Waals surface area contributed by atoms with Crippen LogP contribution < -0.4 is 5.73 Å². The van der Waals surface area contributed by atoms with E-state index < -0.39 is 0 Å². The average molecular weight is 156 g/mol. The zero-order chi connectivity index (χ0) is 8.27. The van der Waals surface area contributed by atoms with Gasteiger partial charge in [0, 0.05) is 19.6 Å². The molecule has 1 aliphatic heterocycles. The van der Waals surface area contributed by atoms with E-state index in [9.17, 15) is 0 Å². The summed E-state index contributed by atoms with van der Waals surface area (Å²) < 4.78 is 0. The normalized spacial score (nSPS) is 26.7. The first-order chi connectivity index (χ1) is 5.24. The Hall–Kier alpha value is -0.0800. The van der Waals surface area contributed by atoms with Crippen molar-refractivity contribution in [2.45, 2.75) is 20.3 Å². The summed E-state index contributed by atoms with van der Waals surface area (Å²) in [6, 6.07) is 0. The average Bonchev–Trinajstić information content (AvgIpc) is 2.37. The number of rotatable bonds is 3. The van der Waals surface area contributed by atoms with Gasteiger partial charge in [-0.2, -0.15) is 0 Å². The van der Waals surface area contributed by atoms with Crippen molar-refractivity contribution in [3.05, 3.63) is 0 Å². The van der Waals surface area contributed by atoms with Crippen LogP contribution in [0.25, 0.3) is 0 Å². The van der Waals surface area contributed by atoms with E-state index in [1.165, 1.54) is 19.5 Å². The lowest BCUT2D eigenvalue weighted by Crippen LogP contribution is -2.27. The van der Waals surface area contributed by atoms with E-state index in [0.29, 0.717) is 0 Å². The fraction of sp³-hybridized carbons (Fsp3) is 1.00. The molecular formula is C9H20N2. The summed E-state index contributed by atoms with van der Waals surface area (Å²) in [6.07, 6.45) is 1.37. The molecule has 0 aromatic carbocycles. The second-order valence-electron chi connectivity index (χ2n) is 3.88. The molecule has 66 valence electrons. The minimum atomic E-state index is 0.810. The predicted molar refractivity (Wildman–Crippen MR) is 48.4 cm³/mol. The molecule has 0 bridgehead atoms. The van der Waals surface area contributed by atoms with E-state index in [0.717, 1.165) is 24.9 Å². The van der Waals surface area contributed by atoms with E-state index in [-0.39, 0.29) is 0 Å². The molecule has 0 aromatic heterocycles. The molecule has 1 fully saturated rings. The van der Waals surface area contributed by atoms with Crippen molar-refractivity contribution in [3.8, 4) is 0 Å². The van der Waals surface area contributed by atoms with Crippen LogP contribution in [0.5, 0.6) is 0 Å². The maximum Gasteiger partial charge on any atom is 0.0105 e. The third kappa shape index (κ3) is 2.46. The van der Waals surface area contributed by atoms with Gasteiger partial charge < -0.3 is 10.6 Å². The lowest BCUT2D eigenvalue weighted by molar-refractivity contribution is 0.310. The second-order valence-corrected chi connectivity index (χ2v) is 3.88. The third-order valence-corrected chi connectivity index (χ3v) is 2.70. The second kappa shape index (κ2) is 4.07. The van der Waals surface area contributed by atoms with Crippen molar-refractivity contribution in [3.63, 3.8) is 0 Å². The summed E-state index contributed by atoms with van der Waals surface area (Å²) in [4.78, 5) is 2.48. The number of nitrogens with two attached hydrogens (primary N) is 1. The SMILES string of the molecule is CC(C)[C@H]1CCN(CCN)C1. The van der Waals surface area contributed by atoms with Gasteiger partial charge in [0.25, 0.3) is 0 Å². The predicted octanol–water partition coefficient (Wildman–Crippen LogP) is 0.923. The number of likely N-dealkylation sites (tertiary alicyclic amines) is 1. The summed E-state index contributed by atoms with van der Waals surface area (Å²) in [5, 5.41) is 0. The van der Waals surface area contributed by atoms with E-state index >= 15 is 0 Å².